The zero-order valence-electron chi connectivity index (χ0n) is 18.1. The molecule has 3 aromatic carbocycles. The minimum atomic E-state index is -0.336. The number of carbonyl (C=O) groups excluding carboxylic acids is 1. The van der Waals surface area contributed by atoms with Crippen LogP contribution in [0, 0.1) is 5.82 Å². The third-order valence-electron chi connectivity index (χ3n) is 5.60. The monoisotopic (exact) mass is 431 g/mol. The molecule has 0 unspecified atom stereocenters. The van der Waals surface area contributed by atoms with E-state index in [1.54, 1.807) is 43.5 Å². The lowest BCUT2D eigenvalue weighted by molar-refractivity contribution is 0.0955. The number of nitrogens with zero attached hydrogens (tertiary/aromatic N) is 2. The topological polar surface area (TPSA) is 53.9 Å². The lowest BCUT2D eigenvalue weighted by atomic mass is 10.0. The molecule has 0 atom stereocenters. The highest BCUT2D eigenvalue weighted by molar-refractivity contribution is 6.13. The van der Waals surface area contributed by atoms with Crippen molar-refractivity contribution in [3.63, 3.8) is 0 Å². The van der Waals surface area contributed by atoms with Crippen LogP contribution >= 0.6 is 0 Å². The number of carbonyl (C=O) groups is 1. The number of nitrogens with one attached hydrogen (secondary N) is 1. The Bertz CT molecular complexity index is 1070. The van der Waals surface area contributed by atoms with Crippen LogP contribution in [0.2, 0.25) is 0 Å². The van der Waals surface area contributed by atoms with Crippen LogP contribution < -0.4 is 15.1 Å². The van der Waals surface area contributed by atoms with E-state index < -0.39 is 0 Å². The summed E-state index contributed by atoms with van der Waals surface area (Å²) >= 11 is 0. The molecule has 164 valence electrons. The van der Waals surface area contributed by atoms with Gasteiger partial charge in [0.05, 0.1) is 12.8 Å². The van der Waals surface area contributed by atoms with Gasteiger partial charge < -0.3 is 9.64 Å². The van der Waals surface area contributed by atoms with Gasteiger partial charge in [0.2, 0.25) is 0 Å². The number of piperidine rings is 1. The number of rotatable bonds is 6. The van der Waals surface area contributed by atoms with Gasteiger partial charge in [-0.25, -0.2) is 9.82 Å². The predicted molar refractivity (Wildman–Crippen MR) is 125 cm³/mol. The number of halogens is 1. The maximum Gasteiger partial charge on any atom is 0.271 e. The Kier molecular flexibility index (Phi) is 6.80. The lowest BCUT2D eigenvalue weighted by Gasteiger charge is -2.28. The van der Waals surface area contributed by atoms with E-state index in [4.69, 9.17) is 4.74 Å². The summed E-state index contributed by atoms with van der Waals surface area (Å²) in [5.41, 5.74) is 6.39. The van der Waals surface area contributed by atoms with Crippen molar-refractivity contribution in [2.24, 2.45) is 5.10 Å². The molecule has 1 amide bonds. The summed E-state index contributed by atoms with van der Waals surface area (Å²) < 4.78 is 18.6. The molecule has 5 nitrogen and oxygen atoms in total. The zero-order valence-corrected chi connectivity index (χ0v) is 18.1. The van der Waals surface area contributed by atoms with E-state index >= 15 is 0 Å². The third-order valence-corrected chi connectivity index (χ3v) is 5.60. The van der Waals surface area contributed by atoms with Crippen molar-refractivity contribution in [2.45, 2.75) is 19.3 Å². The van der Waals surface area contributed by atoms with Gasteiger partial charge in [0.1, 0.15) is 11.6 Å². The summed E-state index contributed by atoms with van der Waals surface area (Å²) in [5.74, 6) is 0.0128. The largest absolute Gasteiger partial charge is 0.497 e. The van der Waals surface area contributed by atoms with E-state index in [-0.39, 0.29) is 11.7 Å². The first-order chi connectivity index (χ1) is 15.6. The minimum absolute atomic E-state index is 0.323. The summed E-state index contributed by atoms with van der Waals surface area (Å²) in [5, 5.41) is 4.40. The first kappa shape index (κ1) is 21.6. The molecule has 0 aromatic heterocycles. The number of benzene rings is 3. The molecule has 1 heterocycles. The molecule has 1 saturated heterocycles. The Morgan fingerprint density at radius 1 is 0.844 bits per heavy atom. The Balaban J connectivity index is 1.59. The Morgan fingerprint density at radius 3 is 2.00 bits per heavy atom. The van der Waals surface area contributed by atoms with Gasteiger partial charge in [-0.1, -0.05) is 12.1 Å². The summed E-state index contributed by atoms with van der Waals surface area (Å²) in [6, 6.07) is 21.0. The van der Waals surface area contributed by atoms with Gasteiger partial charge in [0.25, 0.3) is 5.91 Å². The fraction of sp³-hybridized carbons (Fsp3) is 0.231. The van der Waals surface area contributed by atoms with Gasteiger partial charge in [0, 0.05) is 35.5 Å². The van der Waals surface area contributed by atoms with Gasteiger partial charge in [-0.2, -0.15) is 5.10 Å². The smallest absolute Gasteiger partial charge is 0.271 e. The molecule has 6 heteroatoms. The van der Waals surface area contributed by atoms with Crippen molar-refractivity contribution >= 4 is 17.3 Å². The van der Waals surface area contributed by atoms with Crippen molar-refractivity contribution in [2.75, 3.05) is 25.1 Å². The first-order valence-corrected chi connectivity index (χ1v) is 10.8. The molecular weight excluding hydrogens is 405 g/mol. The van der Waals surface area contributed by atoms with Crippen molar-refractivity contribution in [1.82, 2.24) is 5.43 Å². The Labute approximate surface area is 187 Å². The molecular formula is C26H26FN3O2. The zero-order chi connectivity index (χ0) is 22.3. The predicted octanol–water partition coefficient (Wildman–Crippen LogP) is 5.01. The van der Waals surface area contributed by atoms with Crippen molar-refractivity contribution in [1.29, 1.82) is 0 Å². The van der Waals surface area contributed by atoms with Crippen LogP contribution in [0.4, 0.5) is 10.1 Å². The Hall–Kier alpha value is -3.67. The van der Waals surface area contributed by atoms with Gasteiger partial charge in [-0.3, -0.25) is 4.79 Å². The van der Waals surface area contributed by atoms with E-state index in [1.807, 2.05) is 12.1 Å². The summed E-state index contributed by atoms with van der Waals surface area (Å²) in [6.45, 7) is 2.13. The number of hydrogen-bond donors (Lipinski definition) is 1. The van der Waals surface area contributed by atoms with E-state index in [1.165, 1.54) is 37.1 Å². The van der Waals surface area contributed by atoms with Crippen LogP contribution in [0.15, 0.2) is 77.9 Å². The second kappa shape index (κ2) is 10.1. The van der Waals surface area contributed by atoms with Crippen molar-refractivity contribution in [3.8, 4) is 5.75 Å². The third kappa shape index (κ3) is 5.14. The van der Waals surface area contributed by atoms with Crippen LogP contribution in [0.5, 0.6) is 5.75 Å². The van der Waals surface area contributed by atoms with Crippen LogP contribution in [-0.2, 0) is 0 Å². The number of anilines is 1. The van der Waals surface area contributed by atoms with Crippen LogP contribution in [0.3, 0.4) is 0 Å². The number of hydrazone groups is 1. The standard InChI is InChI=1S/C26H26FN3O2/c1-32-24-15-9-21(10-16-24)26(31)29-28-25(19-5-11-22(27)12-6-19)20-7-13-23(14-8-20)30-17-3-2-4-18-30/h5-16H,2-4,17-18H2,1H3,(H,29,31). The highest BCUT2D eigenvalue weighted by Crippen LogP contribution is 2.22. The Morgan fingerprint density at radius 2 is 1.41 bits per heavy atom. The van der Waals surface area contributed by atoms with Gasteiger partial charge in [-0.15, -0.1) is 0 Å². The average Bonchev–Trinajstić information content (AvgIpc) is 2.86. The molecule has 0 saturated carbocycles. The van der Waals surface area contributed by atoms with Gasteiger partial charge in [-0.05, 0) is 79.9 Å². The maximum absolute atomic E-state index is 13.5. The van der Waals surface area contributed by atoms with E-state index in [9.17, 15) is 9.18 Å². The van der Waals surface area contributed by atoms with Crippen LogP contribution in [0.25, 0.3) is 0 Å². The minimum Gasteiger partial charge on any atom is -0.497 e. The molecule has 0 radical (unpaired) electrons. The van der Waals surface area contributed by atoms with E-state index in [2.05, 4.69) is 27.6 Å². The molecule has 3 aromatic rings. The maximum atomic E-state index is 13.5. The number of methoxy groups -OCH3 is 1. The van der Waals surface area contributed by atoms with Gasteiger partial charge in [0.15, 0.2) is 0 Å². The summed E-state index contributed by atoms with van der Waals surface area (Å²) in [6.07, 6.45) is 3.70. The van der Waals surface area contributed by atoms with Crippen molar-refractivity contribution < 1.29 is 13.9 Å². The second-order valence-corrected chi connectivity index (χ2v) is 7.73. The first-order valence-electron chi connectivity index (χ1n) is 10.8. The van der Waals surface area contributed by atoms with Crippen molar-refractivity contribution in [3.05, 3.63) is 95.3 Å². The summed E-state index contributed by atoms with van der Waals surface area (Å²) in [4.78, 5) is 15.0. The normalized spacial score (nSPS) is 14.2. The van der Waals surface area contributed by atoms with Crippen LogP contribution in [-0.4, -0.2) is 31.8 Å². The van der Waals surface area contributed by atoms with E-state index in [0.29, 0.717) is 22.6 Å². The number of ether oxygens (including phenoxy) is 1. The van der Waals surface area contributed by atoms with Gasteiger partial charge >= 0.3 is 0 Å². The second-order valence-electron chi connectivity index (χ2n) is 7.73. The summed E-state index contributed by atoms with van der Waals surface area (Å²) in [7, 11) is 1.57. The molecule has 4 rings (SSSR count). The SMILES string of the molecule is COc1ccc(C(=O)NN=C(c2ccc(F)cc2)c2ccc(N3CCCCC3)cc2)cc1. The average molecular weight is 432 g/mol. The molecule has 1 fully saturated rings. The number of amides is 1. The molecule has 32 heavy (non-hydrogen) atoms. The molecule has 0 bridgehead atoms. The molecule has 1 aliphatic rings. The molecule has 0 spiro atoms. The molecule has 1 aliphatic heterocycles. The highest BCUT2D eigenvalue weighted by Gasteiger charge is 2.13. The fourth-order valence-corrected chi connectivity index (χ4v) is 3.80. The lowest BCUT2D eigenvalue weighted by Crippen LogP contribution is -2.29. The van der Waals surface area contributed by atoms with E-state index in [0.717, 1.165) is 18.7 Å². The quantitative estimate of drug-likeness (QED) is 0.441. The highest BCUT2D eigenvalue weighted by atomic mass is 19.1. The molecule has 0 aliphatic carbocycles. The van der Waals surface area contributed by atoms with Crippen LogP contribution in [0.1, 0.15) is 40.7 Å². The number of hydrogen-bond acceptors (Lipinski definition) is 4. The fourth-order valence-electron chi connectivity index (χ4n) is 3.80. The molecule has 1 N–H and O–H groups in total.